The molecule has 0 N–H and O–H groups in total. The lowest BCUT2D eigenvalue weighted by Gasteiger charge is -2.12. The number of hydrogen-bond acceptors (Lipinski definition) is 2. The Morgan fingerprint density at radius 3 is 1.64 bits per heavy atom. The Kier molecular flexibility index (Phi) is 5.79. The molecule has 0 saturated carbocycles. The maximum absolute atomic E-state index is 6.77. The van der Waals surface area contributed by atoms with Crippen molar-refractivity contribution < 1.29 is 8.83 Å². The molecule has 1 aliphatic carbocycles. The summed E-state index contributed by atoms with van der Waals surface area (Å²) in [6, 6.07) is 66.5. The number of furan rings is 2. The van der Waals surface area contributed by atoms with Crippen LogP contribution in [0, 0.1) is 0 Å². The summed E-state index contributed by atoms with van der Waals surface area (Å²) in [6.45, 7) is 0. The van der Waals surface area contributed by atoms with Gasteiger partial charge in [0.2, 0.25) is 0 Å². The van der Waals surface area contributed by atoms with Crippen LogP contribution >= 0.6 is 0 Å². The molecule has 2 aromatic heterocycles. The van der Waals surface area contributed by atoms with Crippen molar-refractivity contribution in [3.63, 3.8) is 0 Å². The second-order valence-electron chi connectivity index (χ2n) is 15.9. The first-order valence-corrected chi connectivity index (χ1v) is 20.0. The van der Waals surface area contributed by atoms with E-state index in [-0.39, 0.29) is 0 Å². The van der Waals surface area contributed by atoms with E-state index < -0.39 is 0 Å². The number of hydrogen-bond donors (Lipinski definition) is 0. The second-order valence-corrected chi connectivity index (χ2v) is 15.9. The summed E-state index contributed by atoms with van der Waals surface area (Å²) in [4.78, 5) is 0. The smallest absolute Gasteiger partial charge is 0.143 e. The van der Waals surface area contributed by atoms with Crippen LogP contribution < -0.4 is 0 Å². The molecule has 2 nitrogen and oxygen atoms in total. The molecule has 0 aliphatic heterocycles. The molecule has 2 heteroatoms. The molecule has 2 heterocycles. The van der Waals surface area contributed by atoms with Gasteiger partial charge in [-0.1, -0.05) is 140 Å². The predicted octanol–water partition coefficient (Wildman–Crippen LogP) is 16.2. The molecule has 58 heavy (non-hydrogen) atoms. The molecule has 0 radical (unpaired) electrons. The van der Waals surface area contributed by atoms with Crippen LogP contribution in [0.3, 0.4) is 0 Å². The lowest BCUT2D eigenvalue weighted by atomic mass is 9.90. The Morgan fingerprint density at radius 1 is 0.241 bits per heavy atom. The first kappa shape index (κ1) is 30.5. The van der Waals surface area contributed by atoms with Crippen molar-refractivity contribution in [3.05, 3.63) is 182 Å². The highest BCUT2D eigenvalue weighted by molar-refractivity contribution is 6.34. The van der Waals surface area contributed by atoms with E-state index in [1.54, 1.807) is 0 Å². The molecule has 0 spiro atoms. The van der Waals surface area contributed by atoms with Crippen LogP contribution in [0.2, 0.25) is 0 Å². The van der Waals surface area contributed by atoms with E-state index in [4.69, 9.17) is 8.83 Å². The topological polar surface area (TPSA) is 26.3 Å². The van der Waals surface area contributed by atoms with Crippen molar-refractivity contribution in [3.8, 4) is 44.5 Å². The molecule has 0 bridgehead atoms. The normalized spacial score (nSPS) is 12.5. The molecule has 0 atom stereocenters. The average molecular weight is 735 g/mol. The molecular formula is C56H30O2. The first-order chi connectivity index (χ1) is 28.7. The van der Waals surface area contributed by atoms with Gasteiger partial charge in [-0.15, -0.1) is 0 Å². The predicted molar refractivity (Wildman–Crippen MR) is 244 cm³/mol. The minimum atomic E-state index is 0.895. The highest BCUT2D eigenvalue weighted by atomic mass is 16.3. The largest absolute Gasteiger partial charge is 0.456 e. The van der Waals surface area contributed by atoms with Crippen LogP contribution in [0.4, 0.5) is 0 Å². The maximum atomic E-state index is 6.77. The van der Waals surface area contributed by atoms with E-state index in [2.05, 4.69) is 182 Å². The molecule has 1 aliphatic rings. The van der Waals surface area contributed by atoms with Gasteiger partial charge in [-0.25, -0.2) is 0 Å². The van der Waals surface area contributed by atoms with Crippen LogP contribution in [0.15, 0.2) is 191 Å². The van der Waals surface area contributed by atoms with Gasteiger partial charge in [0, 0.05) is 26.9 Å². The molecule has 0 unspecified atom stereocenters. The minimum Gasteiger partial charge on any atom is -0.456 e. The zero-order valence-electron chi connectivity index (χ0n) is 31.1. The number of fused-ring (bicyclic) bond motifs is 18. The molecule has 0 fully saturated rings. The number of benzene rings is 11. The molecular weight excluding hydrogens is 705 g/mol. The van der Waals surface area contributed by atoms with E-state index in [9.17, 15) is 0 Å². The van der Waals surface area contributed by atoms with Crippen molar-refractivity contribution >= 4 is 97.7 Å². The minimum absolute atomic E-state index is 0.895. The van der Waals surface area contributed by atoms with E-state index in [0.717, 1.165) is 44.1 Å². The van der Waals surface area contributed by atoms with Crippen LogP contribution in [0.5, 0.6) is 0 Å². The van der Waals surface area contributed by atoms with Gasteiger partial charge in [-0.05, 0) is 135 Å². The van der Waals surface area contributed by atoms with Gasteiger partial charge in [-0.2, -0.15) is 0 Å². The van der Waals surface area contributed by atoms with Crippen LogP contribution in [-0.4, -0.2) is 0 Å². The van der Waals surface area contributed by atoms with Gasteiger partial charge in [0.25, 0.3) is 0 Å². The quantitative estimate of drug-likeness (QED) is 0.165. The molecule has 14 rings (SSSR count). The van der Waals surface area contributed by atoms with Crippen molar-refractivity contribution in [1.29, 1.82) is 0 Å². The Hall–Kier alpha value is -7.68. The monoisotopic (exact) mass is 734 g/mol. The van der Waals surface area contributed by atoms with E-state index in [0.29, 0.717) is 0 Å². The average Bonchev–Trinajstić information content (AvgIpc) is 3.96. The SMILES string of the molecule is c1ccc2c(c1)-c1cccc3c(-c4ccc5oc6ccc(-c7ccc8c(c7)c7ccccc7c7c8ccc8c7oc7ccc9ccccc9c78)cc6c5c4)ccc-2c13. The molecule has 0 amide bonds. The van der Waals surface area contributed by atoms with Gasteiger partial charge < -0.3 is 8.83 Å². The van der Waals surface area contributed by atoms with Crippen molar-refractivity contribution in [2.75, 3.05) is 0 Å². The fraction of sp³-hybridized carbons (Fsp3) is 0. The van der Waals surface area contributed by atoms with Crippen LogP contribution in [-0.2, 0) is 0 Å². The van der Waals surface area contributed by atoms with Crippen molar-refractivity contribution in [2.45, 2.75) is 0 Å². The van der Waals surface area contributed by atoms with Gasteiger partial charge in [-0.3, -0.25) is 0 Å². The molecule has 266 valence electrons. The number of rotatable bonds is 2. The van der Waals surface area contributed by atoms with Crippen LogP contribution in [0.25, 0.3) is 142 Å². The van der Waals surface area contributed by atoms with Gasteiger partial charge >= 0.3 is 0 Å². The fourth-order valence-corrected chi connectivity index (χ4v) is 10.4. The zero-order valence-corrected chi connectivity index (χ0v) is 31.1. The molecule has 0 saturated heterocycles. The maximum Gasteiger partial charge on any atom is 0.143 e. The van der Waals surface area contributed by atoms with Gasteiger partial charge in [0.05, 0.1) is 0 Å². The van der Waals surface area contributed by atoms with Gasteiger partial charge in [0.1, 0.15) is 22.3 Å². The highest BCUT2D eigenvalue weighted by Gasteiger charge is 2.23. The Balaban J connectivity index is 0.941. The third-order valence-electron chi connectivity index (χ3n) is 13.0. The Labute approximate surface area is 331 Å². The van der Waals surface area contributed by atoms with Crippen molar-refractivity contribution in [1.82, 2.24) is 0 Å². The van der Waals surface area contributed by atoms with E-state index in [1.165, 1.54) is 98.2 Å². The summed E-state index contributed by atoms with van der Waals surface area (Å²) in [5.74, 6) is 0. The van der Waals surface area contributed by atoms with E-state index >= 15 is 0 Å². The first-order valence-electron chi connectivity index (χ1n) is 20.0. The second kappa shape index (κ2) is 11.0. The zero-order chi connectivity index (χ0) is 37.6. The summed E-state index contributed by atoms with van der Waals surface area (Å²) in [7, 11) is 0. The summed E-state index contributed by atoms with van der Waals surface area (Å²) in [6.07, 6.45) is 0. The van der Waals surface area contributed by atoms with E-state index in [1.807, 2.05) is 0 Å². The van der Waals surface area contributed by atoms with Gasteiger partial charge in [0.15, 0.2) is 0 Å². The molecule has 13 aromatic rings. The summed E-state index contributed by atoms with van der Waals surface area (Å²) in [5, 5.41) is 16.9. The summed E-state index contributed by atoms with van der Waals surface area (Å²) < 4.78 is 13.2. The highest BCUT2D eigenvalue weighted by Crippen LogP contribution is 2.50. The van der Waals surface area contributed by atoms with Crippen molar-refractivity contribution in [2.24, 2.45) is 0 Å². The standard InChI is InChI=1S/C56H30O2/c1-2-9-36-31(8-1)17-27-52-54(36)46-24-23-45-40-20-16-32(28-47(40)39-12-5-6-13-43(39)55(45)56(46)58-52)33-18-25-50-48(29-33)49-30-34(19-26-51(49)57-50)35-21-22-44-38-11-4-3-10-37(38)42-15-7-14-41(35)53(42)44/h1-30H. The summed E-state index contributed by atoms with van der Waals surface area (Å²) >= 11 is 0. The molecule has 11 aromatic carbocycles. The lowest BCUT2D eigenvalue weighted by molar-refractivity contribution is 0.669. The third kappa shape index (κ3) is 3.96. The summed E-state index contributed by atoms with van der Waals surface area (Å²) in [5.41, 5.74) is 13.7. The Morgan fingerprint density at radius 2 is 0.793 bits per heavy atom. The fourth-order valence-electron chi connectivity index (χ4n) is 10.4. The Bertz CT molecular complexity index is 3920. The lowest BCUT2D eigenvalue weighted by Crippen LogP contribution is -1.86. The third-order valence-corrected chi connectivity index (χ3v) is 13.0. The van der Waals surface area contributed by atoms with Crippen LogP contribution in [0.1, 0.15) is 0 Å².